The van der Waals surface area contributed by atoms with Crippen molar-refractivity contribution < 1.29 is 9.15 Å². The van der Waals surface area contributed by atoms with E-state index in [1.54, 1.807) is 0 Å². The topological polar surface area (TPSA) is 67.0 Å². The molecule has 9 heteroatoms. The zero-order valence-electron chi connectivity index (χ0n) is 17.2. The molecule has 0 radical (unpaired) electrons. The van der Waals surface area contributed by atoms with E-state index in [9.17, 15) is 0 Å². The van der Waals surface area contributed by atoms with Gasteiger partial charge in [-0.25, -0.2) is 4.99 Å². The highest BCUT2D eigenvalue weighted by molar-refractivity contribution is 6.41. The van der Waals surface area contributed by atoms with Crippen LogP contribution in [0.4, 0.5) is 0 Å². The van der Waals surface area contributed by atoms with Gasteiger partial charge in [0, 0.05) is 38.9 Å². The summed E-state index contributed by atoms with van der Waals surface area (Å²) in [7, 11) is 1.88. The number of hydrogen-bond acceptors (Lipinski definition) is 4. The Hall–Kier alpha value is -1.67. The van der Waals surface area contributed by atoms with Gasteiger partial charge in [0.25, 0.3) is 0 Å². The summed E-state index contributed by atoms with van der Waals surface area (Å²) < 4.78 is 13.3. The molecule has 1 atom stereocenters. The summed E-state index contributed by atoms with van der Waals surface area (Å²) in [6, 6.07) is 6.01. The number of nitrogens with one attached hydrogen (secondary N) is 2. The molecule has 0 bridgehead atoms. The number of halogens is 2. The lowest BCUT2D eigenvalue weighted by molar-refractivity contribution is 0.0124. The van der Waals surface area contributed by atoms with Crippen molar-refractivity contribution in [2.75, 3.05) is 39.4 Å². The lowest BCUT2D eigenvalue weighted by Gasteiger charge is -2.33. The maximum absolute atomic E-state index is 6.16. The van der Waals surface area contributed by atoms with Crippen molar-refractivity contribution in [1.29, 1.82) is 0 Å². The molecule has 7 nitrogen and oxygen atoms in total. The van der Waals surface area contributed by atoms with E-state index in [1.807, 2.05) is 37.6 Å². The second kappa shape index (κ2) is 10.4. The minimum absolute atomic E-state index is 0.107. The van der Waals surface area contributed by atoms with E-state index >= 15 is 0 Å². The fraction of sp³-hybridized carbons (Fsp3) is 0.550. The molecule has 2 aromatic rings. The average Bonchev–Trinajstić information content (AvgIpc) is 3.25. The number of nitrogens with zero attached hydrogens (tertiary/aromatic N) is 3. The number of morpholine rings is 1. The Bertz CT molecular complexity index is 827. The first kappa shape index (κ1) is 22.0. The molecule has 0 amide bonds. The second-order valence-corrected chi connectivity index (χ2v) is 7.79. The largest absolute Gasteiger partial charge is 0.465 e. The molecule has 0 aromatic carbocycles. The average molecular weight is 442 g/mol. The van der Waals surface area contributed by atoms with Crippen molar-refractivity contribution in [2.24, 2.45) is 12.0 Å². The number of aromatic nitrogens is 1. The molecule has 1 saturated heterocycles. The van der Waals surface area contributed by atoms with E-state index in [2.05, 4.69) is 21.6 Å². The van der Waals surface area contributed by atoms with Crippen molar-refractivity contribution in [2.45, 2.75) is 26.4 Å². The number of ether oxygens (including phenoxy) is 1. The third-order valence-corrected chi connectivity index (χ3v) is 5.84. The molecule has 1 aliphatic heterocycles. The van der Waals surface area contributed by atoms with Gasteiger partial charge in [-0.1, -0.05) is 23.2 Å². The molecule has 3 rings (SSSR count). The summed E-state index contributed by atoms with van der Waals surface area (Å²) in [5, 5.41) is 7.82. The predicted octanol–water partition coefficient (Wildman–Crippen LogP) is 3.36. The Balaban J connectivity index is 1.70. The SMILES string of the molecule is CCNC(=NCc1cc(Cl)c(Cl)n1C)NCC(c1ccc(C)o1)N1CCOCC1. The van der Waals surface area contributed by atoms with Gasteiger partial charge in [-0.05, 0) is 32.0 Å². The minimum Gasteiger partial charge on any atom is -0.465 e. The fourth-order valence-corrected chi connectivity index (χ4v) is 3.78. The Morgan fingerprint density at radius 2 is 2.00 bits per heavy atom. The van der Waals surface area contributed by atoms with Crippen LogP contribution in [0.15, 0.2) is 27.6 Å². The molecule has 160 valence electrons. The molecule has 29 heavy (non-hydrogen) atoms. The third kappa shape index (κ3) is 5.69. The predicted molar refractivity (Wildman–Crippen MR) is 117 cm³/mol. The summed E-state index contributed by atoms with van der Waals surface area (Å²) in [6.07, 6.45) is 0. The standard InChI is InChI=1S/C20H29Cl2N5O2/c1-4-23-20(24-12-15-11-16(21)19(22)26(15)3)25-13-17(18-6-5-14(2)29-18)27-7-9-28-10-8-27/h5-6,11,17H,4,7-10,12-13H2,1-3H3,(H2,23,24,25). The van der Waals surface area contributed by atoms with Gasteiger partial charge in [-0.15, -0.1) is 0 Å². The van der Waals surface area contributed by atoms with Gasteiger partial charge < -0.3 is 24.4 Å². The van der Waals surface area contributed by atoms with Gasteiger partial charge in [0.1, 0.15) is 16.7 Å². The van der Waals surface area contributed by atoms with Crippen LogP contribution in [0.25, 0.3) is 0 Å². The lowest BCUT2D eigenvalue weighted by Crippen LogP contribution is -2.46. The van der Waals surface area contributed by atoms with Crippen molar-refractivity contribution in [1.82, 2.24) is 20.1 Å². The van der Waals surface area contributed by atoms with E-state index in [-0.39, 0.29) is 6.04 Å². The summed E-state index contributed by atoms with van der Waals surface area (Å²) >= 11 is 12.3. The first-order valence-electron chi connectivity index (χ1n) is 9.89. The molecule has 1 fully saturated rings. The van der Waals surface area contributed by atoms with Crippen molar-refractivity contribution >= 4 is 29.2 Å². The quantitative estimate of drug-likeness (QED) is 0.509. The van der Waals surface area contributed by atoms with Crippen LogP contribution in [-0.4, -0.2) is 54.8 Å². The number of hydrogen-bond donors (Lipinski definition) is 2. The molecule has 0 spiro atoms. The summed E-state index contributed by atoms with van der Waals surface area (Å²) in [5.74, 6) is 2.60. The monoisotopic (exact) mass is 441 g/mol. The van der Waals surface area contributed by atoms with Crippen LogP contribution in [0.5, 0.6) is 0 Å². The van der Waals surface area contributed by atoms with Gasteiger partial charge in [-0.3, -0.25) is 4.90 Å². The van der Waals surface area contributed by atoms with Crippen LogP contribution in [0.2, 0.25) is 10.2 Å². The number of furan rings is 1. The van der Waals surface area contributed by atoms with Gasteiger partial charge in [0.2, 0.25) is 0 Å². The number of aryl methyl sites for hydroxylation is 1. The number of guanidine groups is 1. The van der Waals surface area contributed by atoms with E-state index in [1.165, 1.54) is 0 Å². The van der Waals surface area contributed by atoms with Gasteiger partial charge >= 0.3 is 0 Å². The summed E-state index contributed by atoms with van der Waals surface area (Å²) in [5.41, 5.74) is 0.948. The Morgan fingerprint density at radius 1 is 1.24 bits per heavy atom. The Labute approximate surface area is 182 Å². The highest BCUT2D eigenvalue weighted by atomic mass is 35.5. The highest BCUT2D eigenvalue weighted by Gasteiger charge is 2.25. The van der Waals surface area contributed by atoms with Crippen molar-refractivity contribution in [3.05, 3.63) is 45.6 Å². The third-order valence-electron chi connectivity index (χ3n) is 5.00. The van der Waals surface area contributed by atoms with Crippen molar-refractivity contribution in [3.8, 4) is 0 Å². The summed E-state index contributed by atoms with van der Waals surface area (Å²) in [6.45, 7) is 9.15. The highest BCUT2D eigenvalue weighted by Crippen LogP contribution is 2.26. The molecule has 2 N–H and O–H groups in total. The molecule has 2 aromatic heterocycles. The first-order chi connectivity index (χ1) is 14.0. The second-order valence-electron chi connectivity index (χ2n) is 7.02. The van der Waals surface area contributed by atoms with Crippen molar-refractivity contribution in [3.63, 3.8) is 0 Å². The van der Waals surface area contributed by atoms with Crippen LogP contribution in [0, 0.1) is 6.92 Å². The molecule has 0 saturated carbocycles. The number of rotatable bonds is 7. The number of aliphatic imine (C=N–C) groups is 1. The van der Waals surface area contributed by atoms with Gasteiger partial charge in [0.05, 0.1) is 30.8 Å². The van der Waals surface area contributed by atoms with Crippen LogP contribution < -0.4 is 10.6 Å². The zero-order valence-corrected chi connectivity index (χ0v) is 18.7. The van der Waals surface area contributed by atoms with E-state index in [4.69, 9.17) is 37.3 Å². The van der Waals surface area contributed by atoms with Crippen LogP contribution >= 0.6 is 23.2 Å². The van der Waals surface area contributed by atoms with Gasteiger partial charge in [-0.2, -0.15) is 0 Å². The fourth-order valence-electron chi connectivity index (χ4n) is 3.37. The van der Waals surface area contributed by atoms with E-state index in [0.29, 0.717) is 23.3 Å². The van der Waals surface area contributed by atoms with E-state index < -0.39 is 0 Å². The van der Waals surface area contributed by atoms with E-state index in [0.717, 1.165) is 56.0 Å². The minimum atomic E-state index is 0.107. The molecule has 1 unspecified atom stereocenters. The molecular formula is C20H29Cl2N5O2. The maximum atomic E-state index is 6.16. The zero-order chi connectivity index (χ0) is 20.8. The lowest BCUT2D eigenvalue weighted by atomic mass is 10.1. The van der Waals surface area contributed by atoms with Crippen LogP contribution in [0.3, 0.4) is 0 Å². The molecular weight excluding hydrogens is 413 g/mol. The smallest absolute Gasteiger partial charge is 0.191 e. The molecule has 1 aliphatic rings. The normalized spacial score (nSPS) is 16.8. The Kier molecular flexibility index (Phi) is 7.89. The molecule has 3 heterocycles. The Morgan fingerprint density at radius 3 is 2.59 bits per heavy atom. The van der Waals surface area contributed by atoms with Gasteiger partial charge in [0.15, 0.2) is 5.96 Å². The van der Waals surface area contributed by atoms with Crippen LogP contribution in [0.1, 0.15) is 30.2 Å². The maximum Gasteiger partial charge on any atom is 0.191 e. The first-order valence-corrected chi connectivity index (χ1v) is 10.6. The van der Waals surface area contributed by atoms with Crippen LogP contribution in [-0.2, 0) is 18.3 Å². The molecule has 0 aliphatic carbocycles. The summed E-state index contributed by atoms with van der Waals surface area (Å²) in [4.78, 5) is 7.08.